The average molecular weight is 397 g/mol. The number of anilines is 1. The van der Waals surface area contributed by atoms with Gasteiger partial charge in [0.1, 0.15) is 0 Å². The van der Waals surface area contributed by atoms with Gasteiger partial charge in [-0.25, -0.2) is 4.79 Å². The normalized spacial score (nSPS) is 10.2. The summed E-state index contributed by atoms with van der Waals surface area (Å²) in [6.45, 7) is 0.227. The van der Waals surface area contributed by atoms with Crippen molar-refractivity contribution in [3.8, 4) is 0 Å². The van der Waals surface area contributed by atoms with E-state index >= 15 is 0 Å². The first-order valence-corrected chi connectivity index (χ1v) is 7.08. The molecule has 7 heteroatoms. The first-order chi connectivity index (χ1) is 10.0. The molecule has 0 bridgehead atoms. The van der Waals surface area contributed by atoms with Crippen LogP contribution in [-0.2, 0) is 6.54 Å². The number of carbonyl (C=O) groups is 2. The zero-order valence-electron chi connectivity index (χ0n) is 10.8. The Labute approximate surface area is 134 Å². The molecular weight excluding hydrogens is 385 g/mol. The van der Waals surface area contributed by atoms with Gasteiger partial charge in [0.05, 0.1) is 16.9 Å². The molecule has 0 saturated heterocycles. The lowest BCUT2D eigenvalue weighted by Crippen LogP contribution is -2.15. The third-order valence-corrected chi connectivity index (χ3v) is 3.42. The Morgan fingerprint density at radius 2 is 2.05 bits per heavy atom. The average Bonchev–Trinajstić information content (AvgIpc) is 2.48. The number of aromatic nitrogens is 1. The molecule has 0 aliphatic heterocycles. The third-order valence-electron chi connectivity index (χ3n) is 2.75. The molecular formula is C14H12IN3O3. The number of amides is 1. The quantitative estimate of drug-likeness (QED) is 0.686. The van der Waals surface area contributed by atoms with Gasteiger partial charge in [-0.3, -0.25) is 9.78 Å². The van der Waals surface area contributed by atoms with Crippen molar-refractivity contribution < 1.29 is 14.7 Å². The SMILES string of the molecule is NCc1cc(C(=O)Nc2ccc(I)cc2C(=O)O)ccn1. The van der Waals surface area contributed by atoms with Crippen molar-refractivity contribution in [3.63, 3.8) is 0 Å². The molecule has 1 heterocycles. The number of nitrogens with two attached hydrogens (primary N) is 1. The van der Waals surface area contributed by atoms with Crippen LogP contribution in [0.5, 0.6) is 0 Å². The van der Waals surface area contributed by atoms with Crippen LogP contribution < -0.4 is 11.1 Å². The lowest BCUT2D eigenvalue weighted by molar-refractivity contribution is 0.0698. The number of carbonyl (C=O) groups excluding carboxylic acids is 1. The minimum Gasteiger partial charge on any atom is -0.478 e. The summed E-state index contributed by atoms with van der Waals surface area (Å²) in [7, 11) is 0. The monoisotopic (exact) mass is 397 g/mol. The Balaban J connectivity index is 2.29. The highest BCUT2D eigenvalue weighted by Gasteiger charge is 2.14. The van der Waals surface area contributed by atoms with Gasteiger partial charge in [0, 0.05) is 21.9 Å². The zero-order chi connectivity index (χ0) is 15.4. The molecule has 1 aromatic heterocycles. The summed E-state index contributed by atoms with van der Waals surface area (Å²) in [6.07, 6.45) is 1.49. The molecule has 2 aromatic rings. The van der Waals surface area contributed by atoms with Crippen molar-refractivity contribution in [2.45, 2.75) is 6.54 Å². The Kier molecular flexibility index (Phi) is 4.86. The van der Waals surface area contributed by atoms with Gasteiger partial charge in [-0.05, 0) is 52.9 Å². The molecule has 1 amide bonds. The minimum absolute atomic E-state index is 0.0448. The molecule has 0 unspecified atom stereocenters. The van der Waals surface area contributed by atoms with Crippen LogP contribution in [0.3, 0.4) is 0 Å². The van der Waals surface area contributed by atoms with E-state index in [9.17, 15) is 14.7 Å². The predicted molar refractivity (Wildman–Crippen MR) is 86.2 cm³/mol. The van der Waals surface area contributed by atoms with Crippen molar-refractivity contribution in [2.24, 2.45) is 5.73 Å². The second-order valence-electron chi connectivity index (χ2n) is 4.19. The highest BCUT2D eigenvalue weighted by Crippen LogP contribution is 2.20. The van der Waals surface area contributed by atoms with Crippen molar-refractivity contribution in [3.05, 3.63) is 56.9 Å². The number of nitrogens with zero attached hydrogens (tertiary/aromatic N) is 1. The number of nitrogens with one attached hydrogen (secondary N) is 1. The number of hydrogen-bond donors (Lipinski definition) is 3. The van der Waals surface area contributed by atoms with Crippen LogP contribution in [-0.4, -0.2) is 22.0 Å². The molecule has 1 aromatic carbocycles. The minimum atomic E-state index is -1.10. The van der Waals surface area contributed by atoms with Gasteiger partial charge < -0.3 is 16.2 Å². The van der Waals surface area contributed by atoms with E-state index < -0.39 is 11.9 Å². The molecule has 0 fully saturated rings. The van der Waals surface area contributed by atoms with Gasteiger partial charge in [0.15, 0.2) is 0 Å². The molecule has 0 spiro atoms. The number of halogens is 1. The molecule has 0 aliphatic carbocycles. The fraction of sp³-hybridized carbons (Fsp3) is 0.0714. The standard InChI is InChI=1S/C14H12IN3O3/c15-9-1-2-12(11(6-9)14(20)21)18-13(19)8-3-4-17-10(5-8)7-16/h1-6H,7,16H2,(H,18,19)(H,20,21). The number of aromatic carboxylic acids is 1. The van der Waals surface area contributed by atoms with E-state index in [0.717, 1.165) is 3.57 Å². The smallest absolute Gasteiger partial charge is 0.337 e. The Hall–Kier alpha value is -2.00. The summed E-state index contributed by atoms with van der Waals surface area (Å²) in [5.41, 5.74) is 6.74. The maximum absolute atomic E-state index is 12.2. The highest BCUT2D eigenvalue weighted by atomic mass is 127. The summed E-state index contributed by atoms with van der Waals surface area (Å²) in [5, 5.41) is 11.8. The van der Waals surface area contributed by atoms with Gasteiger partial charge in [-0.1, -0.05) is 0 Å². The van der Waals surface area contributed by atoms with E-state index in [0.29, 0.717) is 11.3 Å². The van der Waals surface area contributed by atoms with Crippen LogP contribution >= 0.6 is 22.6 Å². The summed E-state index contributed by atoms with van der Waals surface area (Å²) in [5.74, 6) is -1.50. The van der Waals surface area contributed by atoms with Crippen molar-refractivity contribution in [1.29, 1.82) is 0 Å². The summed E-state index contributed by atoms with van der Waals surface area (Å²) >= 11 is 2.01. The van der Waals surface area contributed by atoms with Gasteiger partial charge in [-0.2, -0.15) is 0 Å². The van der Waals surface area contributed by atoms with Crippen LogP contribution in [0.25, 0.3) is 0 Å². The molecule has 108 valence electrons. The number of pyridine rings is 1. The first-order valence-electron chi connectivity index (χ1n) is 6.00. The molecule has 21 heavy (non-hydrogen) atoms. The van der Waals surface area contributed by atoms with Crippen LogP contribution in [0, 0.1) is 3.57 Å². The predicted octanol–water partition coefficient (Wildman–Crippen LogP) is 2.10. The number of carboxylic acid groups (broad SMARTS) is 1. The zero-order valence-corrected chi connectivity index (χ0v) is 13.0. The number of hydrogen-bond acceptors (Lipinski definition) is 4. The summed E-state index contributed by atoms with van der Waals surface area (Å²) < 4.78 is 0.775. The van der Waals surface area contributed by atoms with Crippen LogP contribution in [0.4, 0.5) is 5.69 Å². The third kappa shape index (κ3) is 3.76. The van der Waals surface area contributed by atoms with E-state index in [1.54, 1.807) is 24.3 Å². The lowest BCUT2D eigenvalue weighted by atomic mass is 10.1. The number of carboxylic acids is 1. The molecule has 0 saturated carbocycles. The van der Waals surface area contributed by atoms with Crippen LogP contribution in [0.1, 0.15) is 26.4 Å². The maximum atomic E-state index is 12.2. The van der Waals surface area contributed by atoms with Crippen molar-refractivity contribution >= 4 is 40.2 Å². The van der Waals surface area contributed by atoms with Crippen LogP contribution in [0.15, 0.2) is 36.5 Å². The fourth-order valence-electron chi connectivity index (χ4n) is 1.73. The van der Waals surface area contributed by atoms with E-state index in [-0.39, 0.29) is 17.8 Å². The van der Waals surface area contributed by atoms with Crippen LogP contribution in [0.2, 0.25) is 0 Å². The number of benzene rings is 1. The maximum Gasteiger partial charge on any atom is 0.337 e. The Morgan fingerprint density at radius 1 is 1.29 bits per heavy atom. The van der Waals surface area contributed by atoms with Gasteiger partial charge in [0.2, 0.25) is 0 Å². The van der Waals surface area contributed by atoms with E-state index in [1.807, 2.05) is 22.6 Å². The molecule has 6 nitrogen and oxygen atoms in total. The second kappa shape index (κ2) is 6.64. The highest BCUT2D eigenvalue weighted by molar-refractivity contribution is 14.1. The van der Waals surface area contributed by atoms with Gasteiger partial charge in [0.25, 0.3) is 5.91 Å². The van der Waals surface area contributed by atoms with E-state index in [1.165, 1.54) is 12.3 Å². The summed E-state index contributed by atoms with van der Waals surface area (Å²) in [4.78, 5) is 27.4. The van der Waals surface area contributed by atoms with Gasteiger partial charge >= 0.3 is 5.97 Å². The largest absolute Gasteiger partial charge is 0.478 e. The molecule has 4 N–H and O–H groups in total. The topological polar surface area (TPSA) is 105 Å². The lowest BCUT2D eigenvalue weighted by Gasteiger charge is -2.09. The van der Waals surface area contributed by atoms with Gasteiger partial charge in [-0.15, -0.1) is 0 Å². The Bertz CT molecular complexity index is 704. The molecule has 0 aliphatic rings. The molecule has 0 radical (unpaired) electrons. The van der Waals surface area contributed by atoms with E-state index in [4.69, 9.17) is 5.73 Å². The fourth-order valence-corrected chi connectivity index (χ4v) is 2.22. The van der Waals surface area contributed by atoms with Crippen molar-refractivity contribution in [1.82, 2.24) is 4.98 Å². The first kappa shape index (κ1) is 15.4. The number of rotatable bonds is 4. The second-order valence-corrected chi connectivity index (χ2v) is 5.43. The van der Waals surface area contributed by atoms with Crippen molar-refractivity contribution in [2.75, 3.05) is 5.32 Å². The summed E-state index contributed by atoms with van der Waals surface area (Å²) in [6, 6.07) is 7.90. The Morgan fingerprint density at radius 3 is 2.71 bits per heavy atom. The van der Waals surface area contributed by atoms with E-state index in [2.05, 4.69) is 10.3 Å². The molecule has 0 atom stereocenters. The molecule has 2 rings (SSSR count).